The van der Waals surface area contributed by atoms with Crippen molar-refractivity contribution in [2.75, 3.05) is 6.61 Å². The van der Waals surface area contributed by atoms with Crippen molar-refractivity contribution in [3.05, 3.63) is 48.2 Å². The number of hydrogen-bond donors (Lipinski definition) is 2. The van der Waals surface area contributed by atoms with Gasteiger partial charge in [-0.1, -0.05) is 25.1 Å². The van der Waals surface area contributed by atoms with Crippen molar-refractivity contribution in [3.8, 4) is 17.4 Å². The normalized spacial score (nSPS) is 9.61. The molecule has 124 valence electrons. The largest absolute Gasteiger partial charge is 0.490 e. The third kappa shape index (κ3) is 5.93. The number of pyridine rings is 1. The minimum absolute atomic E-state index is 0. The van der Waals surface area contributed by atoms with Crippen molar-refractivity contribution in [2.45, 2.75) is 19.9 Å². The van der Waals surface area contributed by atoms with E-state index >= 15 is 0 Å². The van der Waals surface area contributed by atoms with Crippen molar-refractivity contribution < 1.29 is 9.47 Å². The zero-order valence-electron chi connectivity index (χ0n) is 12.9. The van der Waals surface area contributed by atoms with E-state index in [1.807, 2.05) is 36.4 Å². The van der Waals surface area contributed by atoms with Gasteiger partial charge in [-0.3, -0.25) is 0 Å². The molecule has 7 heteroatoms. The lowest BCUT2D eigenvalue weighted by atomic mass is 10.2. The number of rotatable bonds is 7. The van der Waals surface area contributed by atoms with Crippen molar-refractivity contribution in [1.29, 1.82) is 0 Å². The maximum atomic E-state index is 5.88. The van der Waals surface area contributed by atoms with Crippen molar-refractivity contribution >= 4 is 29.9 Å². The van der Waals surface area contributed by atoms with Crippen LogP contribution in [-0.2, 0) is 6.54 Å². The quantitative estimate of drug-likeness (QED) is 0.402. The molecule has 0 aliphatic carbocycles. The van der Waals surface area contributed by atoms with Crippen LogP contribution in [0.1, 0.15) is 18.9 Å². The summed E-state index contributed by atoms with van der Waals surface area (Å²) in [7, 11) is 0. The third-order valence-electron chi connectivity index (χ3n) is 2.80. The average Bonchev–Trinajstić information content (AvgIpc) is 2.53. The summed E-state index contributed by atoms with van der Waals surface area (Å²) in [5, 5.41) is 0. The van der Waals surface area contributed by atoms with Crippen LogP contribution in [-0.4, -0.2) is 17.6 Å². The molecule has 0 aliphatic rings. The first kappa shape index (κ1) is 19.0. The number of para-hydroxylation sites is 2. The van der Waals surface area contributed by atoms with E-state index in [2.05, 4.69) is 16.9 Å². The van der Waals surface area contributed by atoms with Crippen LogP contribution < -0.4 is 20.9 Å². The predicted molar refractivity (Wildman–Crippen MR) is 101 cm³/mol. The van der Waals surface area contributed by atoms with E-state index in [0.717, 1.165) is 12.0 Å². The summed E-state index contributed by atoms with van der Waals surface area (Å²) in [6.45, 7) is 2.99. The Balaban J connectivity index is 0.00000264. The molecule has 0 aliphatic heterocycles. The highest BCUT2D eigenvalue weighted by Crippen LogP contribution is 2.32. The summed E-state index contributed by atoms with van der Waals surface area (Å²) < 4.78 is 11.6. The number of ether oxygens (including phenoxy) is 2. The Morgan fingerprint density at radius 3 is 2.57 bits per heavy atom. The van der Waals surface area contributed by atoms with E-state index in [0.29, 0.717) is 30.5 Å². The number of guanidine groups is 1. The third-order valence-corrected chi connectivity index (χ3v) is 2.80. The molecule has 23 heavy (non-hydrogen) atoms. The van der Waals surface area contributed by atoms with Gasteiger partial charge in [-0.2, -0.15) is 0 Å². The Kier molecular flexibility index (Phi) is 8.17. The second-order valence-electron chi connectivity index (χ2n) is 4.61. The number of benzene rings is 1. The highest BCUT2D eigenvalue weighted by atomic mass is 127. The van der Waals surface area contributed by atoms with Gasteiger partial charge in [0.15, 0.2) is 17.5 Å². The fourth-order valence-electron chi connectivity index (χ4n) is 1.78. The van der Waals surface area contributed by atoms with Gasteiger partial charge in [-0.15, -0.1) is 24.0 Å². The van der Waals surface area contributed by atoms with Gasteiger partial charge in [0.05, 0.1) is 13.2 Å². The smallest absolute Gasteiger partial charge is 0.224 e. The number of nitrogens with two attached hydrogens (primary N) is 2. The first-order valence-corrected chi connectivity index (χ1v) is 7.09. The van der Waals surface area contributed by atoms with Gasteiger partial charge in [-0.05, 0) is 24.6 Å². The van der Waals surface area contributed by atoms with E-state index in [1.54, 1.807) is 6.20 Å². The zero-order chi connectivity index (χ0) is 15.8. The number of hydrogen-bond acceptors (Lipinski definition) is 4. The first-order chi connectivity index (χ1) is 10.7. The van der Waals surface area contributed by atoms with E-state index in [1.165, 1.54) is 0 Å². The lowest BCUT2D eigenvalue weighted by Crippen LogP contribution is -2.22. The fraction of sp³-hybridized carbons (Fsp3) is 0.250. The monoisotopic (exact) mass is 428 g/mol. The van der Waals surface area contributed by atoms with Crippen molar-refractivity contribution in [3.63, 3.8) is 0 Å². The van der Waals surface area contributed by atoms with Gasteiger partial charge >= 0.3 is 0 Å². The van der Waals surface area contributed by atoms with Crippen LogP contribution in [0.15, 0.2) is 47.6 Å². The molecule has 4 N–H and O–H groups in total. The van der Waals surface area contributed by atoms with Crippen molar-refractivity contribution in [2.24, 2.45) is 16.5 Å². The maximum Gasteiger partial charge on any atom is 0.224 e. The van der Waals surface area contributed by atoms with Crippen LogP contribution in [0.25, 0.3) is 0 Å². The summed E-state index contributed by atoms with van der Waals surface area (Å²) in [5.74, 6) is 1.78. The van der Waals surface area contributed by atoms with Crippen molar-refractivity contribution in [1.82, 2.24) is 4.98 Å². The van der Waals surface area contributed by atoms with Gasteiger partial charge < -0.3 is 20.9 Å². The Morgan fingerprint density at radius 1 is 1.13 bits per heavy atom. The minimum Gasteiger partial charge on any atom is -0.490 e. The molecule has 6 nitrogen and oxygen atoms in total. The van der Waals surface area contributed by atoms with Crippen LogP contribution in [0.4, 0.5) is 0 Å². The number of aromatic nitrogens is 1. The topological polar surface area (TPSA) is 95.8 Å². The van der Waals surface area contributed by atoms with E-state index < -0.39 is 0 Å². The van der Waals surface area contributed by atoms with Gasteiger partial charge in [0, 0.05) is 11.8 Å². The summed E-state index contributed by atoms with van der Waals surface area (Å²) in [5.41, 5.74) is 11.5. The molecule has 0 amide bonds. The van der Waals surface area contributed by atoms with Crippen LogP contribution in [0, 0.1) is 0 Å². The highest BCUT2D eigenvalue weighted by Gasteiger charge is 2.10. The molecule has 2 aromatic rings. The molecule has 0 fully saturated rings. The van der Waals surface area contributed by atoms with Gasteiger partial charge in [0.25, 0.3) is 0 Å². The Labute approximate surface area is 152 Å². The molecule has 0 radical (unpaired) electrons. The van der Waals surface area contributed by atoms with E-state index in [-0.39, 0.29) is 29.9 Å². The van der Waals surface area contributed by atoms with Gasteiger partial charge in [0.1, 0.15) is 0 Å². The lowest BCUT2D eigenvalue weighted by Gasteiger charge is -2.13. The molecule has 0 bridgehead atoms. The molecule has 1 heterocycles. The SMILES string of the molecule is CCCOc1ccccc1Oc1ncccc1CN=C(N)N.I. The molecule has 0 saturated carbocycles. The standard InChI is InChI=1S/C16H20N4O2.HI/c1-2-10-21-13-7-3-4-8-14(13)22-15-12(6-5-9-19-15)11-20-16(17)18;/h3-9H,2,10-11H2,1H3,(H4,17,18,20);1H. The average molecular weight is 428 g/mol. The van der Waals surface area contributed by atoms with Crippen LogP contribution >= 0.6 is 24.0 Å². The highest BCUT2D eigenvalue weighted by molar-refractivity contribution is 14.0. The Hall–Kier alpha value is -2.03. The molecular weight excluding hydrogens is 407 g/mol. The molecule has 2 rings (SSSR count). The molecule has 0 spiro atoms. The van der Waals surface area contributed by atoms with E-state index in [9.17, 15) is 0 Å². The van der Waals surface area contributed by atoms with Crippen LogP contribution in [0.2, 0.25) is 0 Å². The second kappa shape index (κ2) is 9.88. The predicted octanol–water partition coefficient (Wildman–Crippen LogP) is 3.05. The molecule has 0 atom stereocenters. The molecule has 1 aromatic carbocycles. The lowest BCUT2D eigenvalue weighted by molar-refractivity contribution is 0.300. The molecular formula is C16H21IN4O2. The first-order valence-electron chi connectivity index (χ1n) is 7.09. The Bertz CT molecular complexity index is 645. The summed E-state index contributed by atoms with van der Waals surface area (Å²) in [4.78, 5) is 8.23. The molecule has 0 unspecified atom stereocenters. The summed E-state index contributed by atoms with van der Waals surface area (Å²) in [6.07, 6.45) is 2.58. The minimum atomic E-state index is 0. The van der Waals surface area contributed by atoms with Gasteiger partial charge in [-0.25, -0.2) is 9.98 Å². The van der Waals surface area contributed by atoms with Gasteiger partial charge in [0.2, 0.25) is 5.88 Å². The Morgan fingerprint density at radius 2 is 1.87 bits per heavy atom. The van der Waals surface area contributed by atoms with Crippen LogP contribution in [0.3, 0.4) is 0 Å². The summed E-state index contributed by atoms with van der Waals surface area (Å²) >= 11 is 0. The van der Waals surface area contributed by atoms with Crippen LogP contribution in [0.5, 0.6) is 17.4 Å². The number of halogens is 1. The zero-order valence-corrected chi connectivity index (χ0v) is 15.3. The molecule has 1 aromatic heterocycles. The second-order valence-corrected chi connectivity index (χ2v) is 4.61. The maximum absolute atomic E-state index is 5.88. The fourth-order valence-corrected chi connectivity index (χ4v) is 1.78. The number of nitrogens with zero attached hydrogens (tertiary/aromatic N) is 2. The molecule has 0 saturated heterocycles. The van der Waals surface area contributed by atoms with E-state index in [4.69, 9.17) is 20.9 Å². The summed E-state index contributed by atoms with van der Waals surface area (Å²) in [6, 6.07) is 11.2. The number of aliphatic imine (C=N–C) groups is 1.